The second-order valence-electron chi connectivity index (χ2n) is 6.45. The van der Waals surface area contributed by atoms with Crippen molar-refractivity contribution in [1.82, 2.24) is 13.9 Å². The molecule has 0 saturated heterocycles. The Labute approximate surface area is 160 Å². The van der Waals surface area contributed by atoms with E-state index in [2.05, 4.69) is 9.97 Å². The van der Waals surface area contributed by atoms with Crippen LogP contribution in [-0.4, -0.2) is 22.4 Å². The molecule has 0 spiro atoms. The molecular weight excluding hydrogens is 377 g/mol. The highest BCUT2D eigenvalue weighted by molar-refractivity contribution is 7.90. The zero-order chi connectivity index (χ0) is 19.3. The van der Waals surface area contributed by atoms with Crippen LogP contribution in [0.2, 0.25) is 0 Å². The van der Waals surface area contributed by atoms with Gasteiger partial charge in [-0.15, -0.1) is 0 Å². The molecule has 2 heterocycles. The van der Waals surface area contributed by atoms with Gasteiger partial charge in [0.05, 0.1) is 27.8 Å². The lowest BCUT2D eigenvalue weighted by molar-refractivity contribution is 0.589. The van der Waals surface area contributed by atoms with Crippen LogP contribution in [0.4, 0.5) is 4.39 Å². The smallest absolute Gasteiger partial charge is 0.268 e. The second kappa shape index (κ2) is 6.03. The van der Waals surface area contributed by atoms with Crippen molar-refractivity contribution in [3.63, 3.8) is 0 Å². The summed E-state index contributed by atoms with van der Waals surface area (Å²) in [6, 6.07) is 17.9. The third-order valence-corrected chi connectivity index (χ3v) is 6.45. The topological polar surface area (TPSA) is 67.8 Å². The molecule has 0 bridgehead atoms. The van der Waals surface area contributed by atoms with Gasteiger partial charge in [-0.3, -0.25) is 0 Å². The van der Waals surface area contributed by atoms with Gasteiger partial charge in [0.2, 0.25) is 0 Å². The number of fused-ring (bicyclic) bond motifs is 2. The molecule has 0 aliphatic heterocycles. The van der Waals surface area contributed by atoms with Crippen LogP contribution in [0.5, 0.6) is 0 Å². The van der Waals surface area contributed by atoms with Gasteiger partial charge >= 0.3 is 0 Å². The molecule has 0 aliphatic rings. The number of rotatable bonds is 3. The third kappa shape index (κ3) is 2.51. The molecule has 2 aromatic heterocycles. The van der Waals surface area contributed by atoms with Crippen molar-refractivity contribution in [1.29, 1.82) is 0 Å². The fourth-order valence-electron chi connectivity index (χ4n) is 3.41. The Morgan fingerprint density at radius 2 is 1.79 bits per heavy atom. The van der Waals surface area contributed by atoms with Crippen molar-refractivity contribution in [3.8, 4) is 11.1 Å². The predicted molar refractivity (Wildman–Crippen MR) is 106 cm³/mol. The van der Waals surface area contributed by atoms with Crippen LogP contribution in [0.3, 0.4) is 0 Å². The zero-order valence-electron chi connectivity index (χ0n) is 14.5. The van der Waals surface area contributed by atoms with Crippen molar-refractivity contribution in [2.45, 2.75) is 4.90 Å². The van der Waals surface area contributed by atoms with Crippen LogP contribution < -0.4 is 0 Å². The summed E-state index contributed by atoms with van der Waals surface area (Å²) in [5.74, 6) is -0.496. The number of nitrogens with one attached hydrogen (secondary N) is 1. The Bertz CT molecular complexity index is 1440. The highest BCUT2D eigenvalue weighted by Crippen LogP contribution is 2.34. The molecule has 0 radical (unpaired) electrons. The number of nitrogens with zero attached hydrogens (tertiary/aromatic N) is 2. The first-order valence-corrected chi connectivity index (χ1v) is 10.0. The second-order valence-corrected chi connectivity index (χ2v) is 8.27. The van der Waals surface area contributed by atoms with E-state index in [4.69, 9.17) is 0 Å². The van der Waals surface area contributed by atoms with E-state index in [0.717, 1.165) is 20.6 Å². The Morgan fingerprint density at radius 3 is 2.61 bits per heavy atom. The molecular formula is C21H14FN3O2S. The van der Waals surface area contributed by atoms with E-state index in [0.29, 0.717) is 16.5 Å². The number of H-pyrrole nitrogens is 1. The van der Waals surface area contributed by atoms with Gasteiger partial charge in [-0.2, -0.15) is 0 Å². The first-order valence-electron chi connectivity index (χ1n) is 8.59. The third-order valence-electron chi connectivity index (χ3n) is 4.77. The predicted octanol–water partition coefficient (Wildman–Crippen LogP) is 4.56. The maximum absolute atomic E-state index is 14.0. The van der Waals surface area contributed by atoms with Crippen LogP contribution >= 0.6 is 0 Å². The van der Waals surface area contributed by atoms with Crippen LogP contribution in [-0.2, 0) is 10.0 Å². The van der Waals surface area contributed by atoms with Crippen LogP contribution in [0.25, 0.3) is 33.1 Å². The molecule has 5 nitrogen and oxygen atoms in total. The highest BCUT2D eigenvalue weighted by Gasteiger charge is 2.22. The first-order chi connectivity index (χ1) is 13.5. The van der Waals surface area contributed by atoms with E-state index < -0.39 is 15.8 Å². The van der Waals surface area contributed by atoms with E-state index in [1.54, 1.807) is 36.8 Å². The summed E-state index contributed by atoms with van der Waals surface area (Å²) in [6.45, 7) is 0. The fraction of sp³-hybridized carbons (Fsp3) is 0. The average Bonchev–Trinajstić information content (AvgIpc) is 3.32. The summed E-state index contributed by atoms with van der Waals surface area (Å²) in [6.07, 6.45) is 3.15. The molecule has 0 aliphatic carbocycles. The first kappa shape index (κ1) is 16.7. The Balaban J connectivity index is 1.80. The van der Waals surface area contributed by atoms with E-state index in [1.165, 1.54) is 24.3 Å². The lowest BCUT2D eigenvalue weighted by Gasteiger charge is -2.07. The van der Waals surface area contributed by atoms with Crippen molar-refractivity contribution < 1.29 is 12.8 Å². The highest BCUT2D eigenvalue weighted by atomic mass is 32.2. The van der Waals surface area contributed by atoms with Gasteiger partial charge < -0.3 is 4.98 Å². The Hall–Kier alpha value is -3.45. The van der Waals surface area contributed by atoms with Gasteiger partial charge in [0.15, 0.2) is 0 Å². The number of benzene rings is 3. The maximum atomic E-state index is 14.0. The molecule has 1 N–H and O–H groups in total. The summed E-state index contributed by atoms with van der Waals surface area (Å²) < 4.78 is 41.5. The minimum absolute atomic E-state index is 0.144. The normalized spacial score (nSPS) is 12.0. The fourth-order valence-corrected chi connectivity index (χ4v) is 4.79. The van der Waals surface area contributed by atoms with Gasteiger partial charge in [0, 0.05) is 17.1 Å². The van der Waals surface area contributed by atoms with Gasteiger partial charge in [-0.1, -0.05) is 24.3 Å². The average molecular weight is 391 g/mol. The van der Waals surface area contributed by atoms with E-state index in [9.17, 15) is 12.8 Å². The summed E-state index contributed by atoms with van der Waals surface area (Å²) in [5, 5.41) is 0.649. The van der Waals surface area contributed by atoms with Gasteiger partial charge in [-0.25, -0.2) is 21.8 Å². The molecule has 5 rings (SSSR count). The molecule has 7 heteroatoms. The van der Waals surface area contributed by atoms with Crippen LogP contribution in [0, 0.1) is 5.82 Å². The number of aromatic amines is 1. The van der Waals surface area contributed by atoms with Crippen molar-refractivity contribution >= 4 is 32.0 Å². The van der Waals surface area contributed by atoms with E-state index >= 15 is 0 Å². The lowest BCUT2D eigenvalue weighted by Crippen LogP contribution is -2.11. The molecule has 5 aromatic rings. The van der Waals surface area contributed by atoms with E-state index in [-0.39, 0.29) is 4.90 Å². The molecule has 28 heavy (non-hydrogen) atoms. The number of aromatic nitrogens is 3. The standard InChI is InChI=1S/C21H14FN3O2S/c22-15-7-8-17-18(14-6-9-19-20(10-14)24-13-23-19)12-25(21(17)11-15)28(26,27)16-4-2-1-3-5-16/h1-13H,(H,23,24). The SMILES string of the molecule is O=S(=O)(c1ccccc1)n1cc(-c2ccc3[nH]cnc3c2)c2ccc(F)cc21. The van der Waals surface area contributed by atoms with Crippen molar-refractivity contribution in [2.75, 3.05) is 0 Å². The minimum Gasteiger partial charge on any atom is -0.345 e. The van der Waals surface area contributed by atoms with Crippen molar-refractivity contribution in [3.05, 3.63) is 85.1 Å². The zero-order valence-corrected chi connectivity index (χ0v) is 15.3. The Morgan fingerprint density at radius 1 is 0.964 bits per heavy atom. The molecule has 3 aromatic carbocycles. The molecule has 0 atom stereocenters. The lowest BCUT2D eigenvalue weighted by atomic mass is 10.0. The molecule has 138 valence electrons. The summed E-state index contributed by atoms with van der Waals surface area (Å²) in [4.78, 5) is 7.44. The van der Waals surface area contributed by atoms with Gasteiger partial charge in [-0.05, 0) is 48.0 Å². The Kier molecular flexibility index (Phi) is 3.60. The van der Waals surface area contributed by atoms with Crippen LogP contribution in [0.15, 0.2) is 84.1 Å². The van der Waals surface area contributed by atoms with Crippen LogP contribution in [0.1, 0.15) is 0 Å². The summed E-state index contributed by atoms with van der Waals surface area (Å²) >= 11 is 0. The maximum Gasteiger partial charge on any atom is 0.268 e. The quantitative estimate of drug-likeness (QED) is 0.490. The van der Waals surface area contributed by atoms with Gasteiger partial charge in [0.1, 0.15) is 5.82 Å². The molecule has 0 amide bonds. The number of halogens is 1. The monoisotopic (exact) mass is 391 g/mol. The van der Waals surface area contributed by atoms with E-state index in [1.807, 2.05) is 18.2 Å². The number of hydrogen-bond donors (Lipinski definition) is 1. The number of hydrogen-bond acceptors (Lipinski definition) is 3. The van der Waals surface area contributed by atoms with Crippen molar-refractivity contribution in [2.24, 2.45) is 0 Å². The molecule has 0 fully saturated rings. The molecule has 0 unspecified atom stereocenters. The minimum atomic E-state index is -3.87. The van der Waals surface area contributed by atoms with Gasteiger partial charge in [0.25, 0.3) is 10.0 Å². The summed E-state index contributed by atoms with van der Waals surface area (Å²) in [7, 11) is -3.87. The number of imidazole rings is 1. The largest absolute Gasteiger partial charge is 0.345 e. The molecule has 0 saturated carbocycles. The summed E-state index contributed by atoms with van der Waals surface area (Å²) in [5.41, 5.74) is 3.44.